The van der Waals surface area contributed by atoms with Crippen molar-refractivity contribution in [2.75, 3.05) is 0 Å². The third-order valence-electron chi connectivity index (χ3n) is 12.6. The molecule has 1 nitrogen and oxygen atoms in total. The van der Waals surface area contributed by atoms with E-state index < -0.39 is 0 Å². The van der Waals surface area contributed by atoms with E-state index in [2.05, 4.69) is 224 Å². The van der Waals surface area contributed by atoms with Crippen LogP contribution in [0, 0.1) is 6.92 Å². The fraction of sp³-hybridized carbons (Fsp3) is 0.0690. The molecule has 1 aliphatic carbocycles. The van der Waals surface area contributed by atoms with E-state index in [0.717, 1.165) is 12.8 Å². The molecular weight excluding hydrogens is 711 g/mol. The predicted octanol–water partition coefficient (Wildman–Crippen LogP) is 15.0. The Balaban J connectivity index is 0.957. The SMILES string of the molecule is Cc1ccccc1-c1cc(-c2ccc3c(c2)-c2ccccc2C3Cc2ccccc2)ccc1Cc1cccc(-c2ccc3c(c2)c2ccccc2n3-c2ccccc2)c1. The minimum atomic E-state index is 0.356. The zero-order chi connectivity index (χ0) is 39.3. The van der Waals surface area contributed by atoms with Crippen LogP contribution in [0.25, 0.3) is 72.0 Å². The second kappa shape index (κ2) is 14.6. The second-order valence-electron chi connectivity index (χ2n) is 16.1. The fourth-order valence-electron chi connectivity index (χ4n) is 9.68. The summed E-state index contributed by atoms with van der Waals surface area (Å²) in [6.07, 6.45) is 1.84. The first-order chi connectivity index (χ1) is 29.2. The molecule has 1 aliphatic rings. The Bertz CT molecular complexity index is 3170. The Hall–Kier alpha value is -7.22. The maximum absolute atomic E-state index is 2.44. The standard InChI is InChI=1S/C58H43N/c1-39-15-8-9-22-48(39)53-36-43(44-29-31-51-54(35-40-16-4-2-5-17-40)49-23-10-11-24-50(49)55(51)37-44)27-28-46(53)34-41-18-14-19-42(33-41)45-30-32-58-56(38-45)52-25-12-13-26-57(52)59(58)47-20-6-3-7-21-47/h2-33,36-38,54H,34-35H2,1H3. The molecule has 9 aromatic carbocycles. The molecule has 11 rings (SSSR count). The first-order valence-corrected chi connectivity index (χ1v) is 20.8. The Kier molecular flexibility index (Phi) is 8.67. The van der Waals surface area contributed by atoms with Crippen molar-refractivity contribution in [1.29, 1.82) is 0 Å². The van der Waals surface area contributed by atoms with Gasteiger partial charge < -0.3 is 4.57 Å². The Morgan fingerprint density at radius 3 is 1.85 bits per heavy atom. The first kappa shape index (κ1) is 35.0. The lowest BCUT2D eigenvalue weighted by Gasteiger charge is -2.17. The second-order valence-corrected chi connectivity index (χ2v) is 16.1. The third kappa shape index (κ3) is 6.27. The number of fused-ring (bicyclic) bond motifs is 6. The van der Waals surface area contributed by atoms with E-state index in [4.69, 9.17) is 0 Å². The first-order valence-electron chi connectivity index (χ1n) is 20.8. The topological polar surface area (TPSA) is 4.93 Å². The summed E-state index contributed by atoms with van der Waals surface area (Å²) in [7, 11) is 0. The molecule has 0 aliphatic heterocycles. The van der Waals surface area contributed by atoms with Crippen LogP contribution in [0.15, 0.2) is 212 Å². The lowest BCUT2D eigenvalue weighted by atomic mass is 9.87. The highest BCUT2D eigenvalue weighted by Crippen LogP contribution is 2.48. The minimum Gasteiger partial charge on any atom is -0.309 e. The summed E-state index contributed by atoms with van der Waals surface area (Å²) in [5.74, 6) is 0.356. The molecule has 10 aromatic rings. The van der Waals surface area contributed by atoms with Gasteiger partial charge >= 0.3 is 0 Å². The molecule has 0 radical (unpaired) electrons. The van der Waals surface area contributed by atoms with Crippen molar-refractivity contribution in [2.45, 2.75) is 25.7 Å². The van der Waals surface area contributed by atoms with Gasteiger partial charge in [0.25, 0.3) is 0 Å². The smallest absolute Gasteiger partial charge is 0.0541 e. The van der Waals surface area contributed by atoms with Crippen LogP contribution >= 0.6 is 0 Å². The zero-order valence-electron chi connectivity index (χ0n) is 33.1. The summed E-state index contributed by atoms with van der Waals surface area (Å²) in [6, 6.07) is 78.6. The summed E-state index contributed by atoms with van der Waals surface area (Å²) in [6.45, 7) is 2.23. The van der Waals surface area contributed by atoms with Gasteiger partial charge in [0.2, 0.25) is 0 Å². The largest absolute Gasteiger partial charge is 0.309 e. The van der Waals surface area contributed by atoms with Crippen LogP contribution in [0.1, 0.15) is 39.3 Å². The monoisotopic (exact) mass is 753 g/mol. The molecule has 1 heteroatoms. The highest BCUT2D eigenvalue weighted by Gasteiger charge is 2.29. The summed E-state index contributed by atoms with van der Waals surface area (Å²) in [5.41, 5.74) is 22.1. The van der Waals surface area contributed by atoms with Crippen molar-refractivity contribution in [3.63, 3.8) is 0 Å². The number of aromatic nitrogens is 1. The van der Waals surface area contributed by atoms with Crippen LogP contribution in [0.3, 0.4) is 0 Å². The normalized spacial score (nSPS) is 13.1. The highest BCUT2D eigenvalue weighted by atomic mass is 15.0. The van der Waals surface area contributed by atoms with E-state index in [1.54, 1.807) is 0 Å². The van der Waals surface area contributed by atoms with E-state index in [-0.39, 0.29) is 0 Å². The van der Waals surface area contributed by atoms with Crippen molar-refractivity contribution in [3.05, 3.63) is 246 Å². The molecule has 280 valence electrons. The predicted molar refractivity (Wildman–Crippen MR) is 248 cm³/mol. The summed E-state index contributed by atoms with van der Waals surface area (Å²) < 4.78 is 2.38. The molecule has 0 saturated carbocycles. The lowest BCUT2D eigenvalue weighted by molar-refractivity contribution is 0.827. The third-order valence-corrected chi connectivity index (χ3v) is 12.6. The lowest BCUT2D eigenvalue weighted by Crippen LogP contribution is -2.01. The molecule has 0 saturated heterocycles. The van der Waals surface area contributed by atoms with E-state index in [1.165, 1.54) is 105 Å². The quantitative estimate of drug-likeness (QED) is 0.146. The van der Waals surface area contributed by atoms with Crippen LogP contribution < -0.4 is 0 Å². The Morgan fingerprint density at radius 2 is 1.00 bits per heavy atom. The number of hydrogen-bond acceptors (Lipinski definition) is 0. The number of para-hydroxylation sites is 2. The van der Waals surface area contributed by atoms with Gasteiger partial charge in [-0.05, 0) is 140 Å². The molecule has 0 fully saturated rings. The van der Waals surface area contributed by atoms with Crippen molar-refractivity contribution in [1.82, 2.24) is 4.57 Å². The van der Waals surface area contributed by atoms with Gasteiger partial charge in [0, 0.05) is 22.4 Å². The van der Waals surface area contributed by atoms with Gasteiger partial charge in [-0.1, -0.05) is 170 Å². The van der Waals surface area contributed by atoms with Gasteiger partial charge in [-0.15, -0.1) is 0 Å². The van der Waals surface area contributed by atoms with Crippen LogP contribution in [0.5, 0.6) is 0 Å². The molecule has 0 bridgehead atoms. The Labute approximate surface area is 346 Å². The zero-order valence-corrected chi connectivity index (χ0v) is 33.1. The fourth-order valence-corrected chi connectivity index (χ4v) is 9.68. The molecule has 0 N–H and O–H groups in total. The molecule has 1 aromatic heterocycles. The molecule has 0 spiro atoms. The number of rotatable bonds is 8. The summed E-state index contributed by atoms with van der Waals surface area (Å²) in [4.78, 5) is 0. The van der Waals surface area contributed by atoms with Crippen molar-refractivity contribution in [3.8, 4) is 50.2 Å². The molecule has 59 heavy (non-hydrogen) atoms. The number of nitrogens with zero attached hydrogens (tertiary/aromatic N) is 1. The van der Waals surface area contributed by atoms with Crippen LogP contribution in [-0.2, 0) is 12.8 Å². The van der Waals surface area contributed by atoms with Gasteiger partial charge in [-0.2, -0.15) is 0 Å². The van der Waals surface area contributed by atoms with E-state index in [1.807, 2.05) is 0 Å². The minimum absolute atomic E-state index is 0.356. The summed E-state index contributed by atoms with van der Waals surface area (Å²) >= 11 is 0. The van der Waals surface area contributed by atoms with E-state index in [9.17, 15) is 0 Å². The molecule has 0 amide bonds. The van der Waals surface area contributed by atoms with Crippen molar-refractivity contribution >= 4 is 21.8 Å². The van der Waals surface area contributed by atoms with Gasteiger partial charge in [-0.25, -0.2) is 0 Å². The molecule has 1 unspecified atom stereocenters. The molecule has 1 atom stereocenters. The Morgan fingerprint density at radius 1 is 0.390 bits per heavy atom. The van der Waals surface area contributed by atoms with Gasteiger partial charge in [0.05, 0.1) is 11.0 Å². The number of aryl methyl sites for hydroxylation is 1. The average Bonchev–Trinajstić information content (AvgIpc) is 3.79. The molecule has 1 heterocycles. The molecular formula is C58H43N. The van der Waals surface area contributed by atoms with Crippen molar-refractivity contribution in [2.24, 2.45) is 0 Å². The number of hydrogen-bond donors (Lipinski definition) is 0. The average molecular weight is 754 g/mol. The maximum Gasteiger partial charge on any atom is 0.0541 e. The van der Waals surface area contributed by atoms with Crippen LogP contribution in [0.4, 0.5) is 0 Å². The maximum atomic E-state index is 2.44. The highest BCUT2D eigenvalue weighted by molar-refractivity contribution is 6.10. The van der Waals surface area contributed by atoms with E-state index >= 15 is 0 Å². The van der Waals surface area contributed by atoms with Gasteiger partial charge in [0.1, 0.15) is 0 Å². The van der Waals surface area contributed by atoms with Gasteiger partial charge in [-0.3, -0.25) is 0 Å². The number of benzene rings is 9. The van der Waals surface area contributed by atoms with Crippen LogP contribution in [-0.4, -0.2) is 4.57 Å². The van der Waals surface area contributed by atoms with Gasteiger partial charge in [0.15, 0.2) is 0 Å². The van der Waals surface area contributed by atoms with E-state index in [0.29, 0.717) is 5.92 Å². The summed E-state index contributed by atoms with van der Waals surface area (Å²) in [5, 5.41) is 2.54. The van der Waals surface area contributed by atoms with Crippen molar-refractivity contribution < 1.29 is 0 Å². The van der Waals surface area contributed by atoms with Crippen LogP contribution in [0.2, 0.25) is 0 Å².